The molecule has 0 amide bonds. The highest BCUT2D eigenvalue weighted by molar-refractivity contribution is 7.92. The van der Waals surface area contributed by atoms with Gasteiger partial charge in [0.25, 0.3) is 10.0 Å². The second kappa shape index (κ2) is 5.12. The molecule has 2 aromatic rings. The van der Waals surface area contributed by atoms with E-state index in [0.717, 1.165) is 36.4 Å². The maximum Gasteiger partial charge on any atom is 0.265 e. The molecule has 0 radical (unpaired) electrons. The Labute approximate surface area is 111 Å². The zero-order valence-electron chi connectivity index (χ0n) is 9.70. The van der Waals surface area contributed by atoms with E-state index in [1.165, 1.54) is 0 Å². The van der Waals surface area contributed by atoms with E-state index in [2.05, 4.69) is 0 Å². The van der Waals surface area contributed by atoms with Gasteiger partial charge in [-0.05, 0) is 24.3 Å². The van der Waals surface area contributed by atoms with Crippen molar-refractivity contribution in [2.45, 2.75) is 4.90 Å². The van der Waals surface area contributed by atoms with Crippen LogP contribution in [0.2, 0.25) is 0 Å². The average molecular weight is 305 g/mol. The minimum Gasteiger partial charge on any atom is -0.276 e. The molecule has 0 aliphatic rings. The third kappa shape index (κ3) is 2.60. The fraction of sp³-hybridized carbons (Fsp3) is 0. The summed E-state index contributed by atoms with van der Waals surface area (Å²) < 4.78 is 78.0. The van der Waals surface area contributed by atoms with Crippen LogP contribution in [0.5, 0.6) is 0 Å². The van der Waals surface area contributed by atoms with Crippen LogP contribution in [0.25, 0.3) is 0 Å². The van der Waals surface area contributed by atoms with Gasteiger partial charge in [-0.3, -0.25) is 4.72 Å². The van der Waals surface area contributed by atoms with Gasteiger partial charge in [-0.2, -0.15) is 0 Å². The molecule has 2 aromatic carbocycles. The molecule has 0 atom stereocenters. The first-order valence-electron chi connectivity index (χ1n) is 5.24. The van der Waals surface area contributed by atoms with Gasteiger partial charge >= 0.3 is 0 Å². The number of anilines is 1. The Bertz CT molecular complexity index is 762. The van der Waals surface area contributed by atoms with Crippen LogP contribution in [0.15, 0.2) is 41.3 Å². The summed E-state index contributed by atoms with van der Waals surface area (Å²) in [4.78, 5) is -0.999. The number of rotatable bonds is 3. The molecule has 0 aliphatic heterocycles. The van der Waals surface area contributed by atoms with Gasteiger partial charge in [0.1, 0.15) is 4.90 Å². The molecule has 0 unspecified atom stereocenters. The van der Waals surface area contributed by atoms with Crippen molar-refractivity contribution in [3.63, 3.8) is 0 Å². The van der Waals surface area contributed by atoms with E-state index >= 15 is 0 Å². The fourth-order valence-electron chi connectivity index (χ4n) is 1.47. The summed E-state index contributed by atoms with van der Waals surface area (Å²) in [6.45, 7) is 0. The number of halogens is 4. The fourth-order valence-corrected chi connectivity index (χ4v) is 2.62. The number of hydrogen-bond donors (Lipinski definition) is 1. The second-order valence-corrected chi connectivity index (χ2v) is 5.41. The number of sulfonamides is 1. The van der Waals surface area contributed by atoms with Crippen molar-refractivity contribution in [2.75, 3.05) is 4.72 Å². The Morgan fingerprint density at radius 1 is 0.800 bits per heavy atom. The van der Waals surface area contributed by atoms with Crippen molar-refractivity contribution in [3.8, 4) is 0 Å². The summed E-state index contributed by atoms with van der Waals surface area (Å²) in [5.41, 5.74) is -0.700. The largest absolute Gasteiger partial charge is 0.276 e. The van der Waals surface area contributed by atoms with Crippen LogP contribution >= 0.6 is 0 Å². The first kappa shape index (κ1) is 14.3. The smallest absolute Gasteiger partial charge is 0.265 e. The molecule has 0 bridgehead atoms. The lowest BCUT2D eigenvalue weighted by Crippen LogP contribution is -2.16. The summed E-state index contributed by atoms with van der Waals surface area (Å²) in [7, 11) is -4.58. The standard InChI is InChI=1S/C12H7F4NO2S/c13-7-3-1-5-9(11(7)15)17-20(18,19)10-6-2-4-8(14)12(10)16/h1-6,17H. The quantitative estimate of drug-likeness (QED) is 0.886. The second-order valence-electron chi connectivity index (χ2n) is 3.76. The predicted octanol–water partition coefficient (Wildman–Crippen LogP) is 3.04. The van der Waals surface area contributed by atoms with Gasteiger partial charge in [0, 0.05) is 0 Å². The van der Waals surface area contributed by atoms with Crippen LogP contribution in [0.1, 0.15) is 0 Å². The summed E-state index contributed by atoms with van der Waals surface area (Å²) in [5.74, 6) is -5.68. The van der Waals surface area contributed by atoms with Crippen LogP contribution in [-0.2, 0) is 10.0 Å². The summed E-state index contributed by atoms with van der Waals surface area (Å²) in [6.07, 6.45) is 0. The molecule has 20 heavy (non-hydrogen) atoms. The summed E-state index contributed by atoms with van der Waals surface area (Å²) in [6, 6.07) is 5.32. The Morgan fingerprint density at radius 2 is 1.35 bits per heavy atom. The first-order chi connectivity index (χ1) is 9.33. The Hall–Kier alpha value is -2.09. The minimum absolute atomic E-state index is 0.700. The van der Waals surface area contributed by atoms with Gasteiger partial charge in [-0.1, -0.05) is 12.1 Å². The van der Waals surface area contributed by atoms with Gasteiger partial charge < -0.3 is 0 Å². The van der Waals surface area contributed by atoms with Crippen LogP contribution in [0.3, 0.4) is 0 Å². The Kier molecular flexibility index (Phi) is 3.67. The van der Waals surface area contributed by atoms with Crippen LogP contribution in [0, 0.1) is 23.3 Å². The van der Waals surface area contributed by atoms with Crippen molar-refractivity contribution in [2.24, 2.45) is 0 Å². The SMILES string of the molecule is O=S(=O)(Nc1cccc(F)c1F)c1cccc(F)c1F. The highest BCUT2D eigenvalue weighted by Gasteiger charge is 2.23. The highest BCUT2D eigenvalue weighted by Crippen LogP contribution is 2.23. The lowest BCUT2D eigenvalue weighted by atomic mass is 10.3. The molecule has 0 fully saturated rings. The van der Waals surface area contributed by atoms with Gasteiger partial charge in [0.05, 0.1) is 5.69 Å². The van der Waals surface area contributed by atoms with E-state index in [4.69, 9.17) is 0 Å². The summed E-state index contributed by atoms with van der Waals surface area (Å²) in [5, 5.41) is 0. The Balaban J connectivity index is 2.47. The van der Waals surface area contributed by atoms with Crippen LogP contribution < -0.4 is 4.72 Å². The predicted molar refractivity (Wildman–Crippen MR) is 63.5 cm³/mol. The van der Waals surface area contributed by atoms with Crippen LogP contribution in [0.4, 0.5) is 23.2 Å². The molecular weight excluding hydrogens is 298 g/mol. The van der Waals surface area contributed by atoms with Crippen molar-refractivity contribution in [3.05, 3.63) is 59.7 Å². The topological polar surface area (TPSA) is 46.2 Å². The molecule has 0 aliphatic carbocycles. The molecule has 3 nitrogen and oxygen atoms in total. The van der Waals surface area contributed by atoms with Gasteiger partial charge in [0.15, 0.2) is 23.3 Å². The molecule has 0 spiro atoms. The zero-order valence-corrected chi connectivity index (χ0v) is 10.5. The number of hydrogen-bond acceptors (Lipinski definition) is 2. The van der Waals surface area contributed by atoms with Crippen LogP contribution in [-0.4, -0.2) is 8.42 Å². The van der Waals surface area contributed by atoms with E-state index in [1.54, 1.807) is 4.72 Å². The lowest BCUT2D eigenvalue weighted by molar-refractivity contribution is 0.485. The molecule has 0 heterocycles. The van der Waals surface area contributed by atoms with E-state index in [9.17, 15) is 26.0 Å². The normalized spacial score (nSPS) is 11.4. The maximum atomic E-state index is 13.4. The average Bonchev–Trinajstić information content (AvgIpc) is 2.38. The summed E-state index contributed by atoms with van der Waals surface area (Å²) >= 11 is 0. The van der Waals surface area contributed by atoms with Crippen molar-refractivity contribution >= 4 is 15.7 Å². The van der Waals surface area contributed by atoms with Gasteiger partial charge in [-0.15, -0.1) is 0 Å². The Morgan fingerprint density at radius 3 is 2.00 bits per heavy atom. The van der Waals surface area contributed by atoms with Crippen molar-refractivity contribution in [1.29, 1.82) is 0 Å². The lowest BCUT2D eigenvalue weighted by Gasteiger charge is -2.10. The molecule has 0 saturated heterocycles. The minimum atomic E-state index is -4.58. The van der Waals surface area contributed by atoms with Crippen molar-refractivity contribution < 1.29 is 26.0 Å². The van der Waals surface area contributed by atoms with E-state index in [1.807, 2.05) is 0 Å². The van der Waals surface area contributed by atoms with Gasteiger partial charge in [-0.25, -0.2) is 26.0 Å². The third-order valence-electron chi connectivity index (χ3n) is 2.40. The van der Waals surface area contributed by atoms with Gasteiger partial charge in [0.2, 0.25) is 0 Å². The molecule has 8 heteroatoms. The highest BCUT2D eigenvalue weighted by atomic mass is 32.2. The van der Waals surface area contributed by atoms with E-state index < -0.39 is 43.9 Å². The first-order valence-corrected chi connectivity index (χ1v) is 6.72. The van der Waals surface area contributed by atoms with E-state index in [0.29, 0.717) is 0 Å². The molecule has 0 aromatic heterocycles. The van der Waals surface area contributed by atoms with E-state index in [-0.39, 0.29) is 0 Å². The monoisotopic (exact) mass is 305 g/mol. The zero-order chi connectivity index (χ0) is 14.9. The van der Waals surface area contributed by atoms with Crippen molar-refractivity contribution in [1.82, 2.24) is 0 Å². The number of benzene rings is 2. The number of nitrogens with one attached hydrogen (secondary N) is 1. The maximum absolute atomic E-state index is 13.4. The molecule has 106 valence electrons. The third-order valence-corrected chi connectivity index (χ3v) is 3.78. The molecule has 0 saturated carbocycles. The molecular formula is C12H7F4NO2S. The molecule has 1 N–H and O–H groups in total. The molecule has 2 rings (SSSR count).